The predicted molar refractivity (Wildman–Crippen MR) is 129 cm³/mol. The smallest absolute Gasteiger partial charge is 0.324 e. The van der Waals surface area contributed by atoms with Gasteiger partial charge in [0.15, 0.2) is 0 Å². The summed E-state index contributed by atoms with van der Waals surface area (Å²) in [6.45, 7) is 9.01. The lowest BCUT2D eigenvalue weighted by atomic mass is 9.85. The Kier molecular flexibility index (Phi) is 11.1. The molecule has 3 amide bonds. The molecule has 0 aromatic heterocycles. The van der Waals surface area contributed by atoms with Gasteiger partial charge in [0.05, 0.1) is 13.2 Å². The number of carbonyl (C=O) groups is 2. The van der Waals surface area contributed by atoms with Crippen LogP contribution in [0.15, 0.2) is 48.2 Å². The minimum absolute atomic E-state index is 0.105. The Labute approximate surface area is 196 Å². The van der Waals surface area contributed by atoms with E-state index in [1.54, 1.807) is 39.5 Å². The normalized spacial score (nSPS) is 16.0. The van der Waals surface area contributed by atoms with E-state index in [1.807, 2.05) is 26.0 Å². The van der Waals surface area contributed by atoms with Crippen LogP contribution >= 0.6 is 0 Å². The molecule has 1 atom stereocenters. The number of benzene rings is 1. The first-order valence-corrected chi connectivity index (χ1v) is 11.7. The number of rotatable bonds is 10. The van der Waals surface area contributed by atoms with E-state index < -0.39 is 5.91 Å². The second-order valence-electron chi connectivity index (χ2n) is 8.35. The van der Waals surface area contributed by atoms with E-state index in [1.165, 1.54) is 0 Å². The van der Waals surface area contributed by atoms with Crippen LogP contribution in [0.1, 0.15) is 49.5 Å². The van der Waals surface area contributed by atoms with Gasteiger partial charge in [0.1, 0.15) is 0 Å². The Morgan fingerprint density at radius 3 is 2.45 bits per heavy atom. The van der Waals surface area contributed by atoms with Gasteiger partial charge in [0.25, 0.3) is 5.91 Å². The molecule has 1 heterocycles. The van der Waals surface area contributed by atoms with Crippen LogP contribution in [0.25, 0.3) is 0 Å². The van der Waals surface area contributed by atoms with Crippen molar-refractivity contribution in [1.82, 2.24) is 20.6 Å². The van der Waals surface area contributed by atoms with Crippen LogP contribution in [-0.4, -0.2) is 64.8 Å². The summed E-state index contributed by atoms with van der Waals surface area (Å²) in [7, 11) is 0. The van der Waals surface area contributed by atoms with Gasteiger partial charge in [-0.15, -0.1) is 0 Å². The van der Waals surface area contributed by atoms with Gasteiger partial charge in [-0.05, 0) is 75.4 Å². The second kappa shape index (κ2) is 13.8. The van der Waals surface area contributed by atoms with Crippen molar-refractivity contribution in [3.8, 4) is 0 Å². The standard InChI is InChI=1S/C25H38N4O4/c1-4-6-23(17-19(3)21-11-13-26-14-12-21)29(25(32)28(5-2)15-16-30)18-20-7-9-22(10-8-20)24(31)27-33/h4,6-10,17,19,21,26,30,33H,5,11-16,18H2,1-3H3,(H,27,31)/b6-4-,23-17+. The summed E-state index contributed by atoms with van der Waals surface area (Å²) in [6.07, 6.45) is 8.27. The van der Waals surface area contributed by atoms with Crippen molar-refractivity contribution in [2.75, 3.05) is 32.8 Å². The first kappa shape index (κ1) is 26.6. The molecule has 1 saturated heterocycles. The number of likely N-dealkylation sites (N-methyl/N-ethyl adjacent to an activating group) is 1. The lowest BCUT2D eigenvalue weighted by Crippen LogP contribution is -2.43. The molecule has 1 fully saturated rings. The fourth-order valence-electron chi connectivity index (χ4n) is 4.14. The minimum Gasteiger partial charge on any atom is -0.395 e. The van der Waals surface area contributed by atoms with E-state index in [9.17, 15) is 14.7 Å². The van der Waals surface area contributed by atoms with Gasteiger partial charge in [-0.1, -0.05) is 31.2 Å². The summed E-state index contributed by atoms with van der Waals surface area (Å²) in [5.74, 6) is 0.275. The van der Waals surface area contributed by atoms with Gasteiger partial charge >= 0.3 is 6.03 Å². The van der Waals surface area contributed by atoms with Crippen molar-refractivity contribution in [3.05, 3.63) is 59.3 Å². The largest absolute Gasteiger partial charge is 0.395 e. The van der Waals surface area contributed by atoms with Crippen molar-refractivity contribution < 1.29 is 19.9 Å². The Bertz CT molecular complexity index is 816. The maximum Gasteiger partial charge on any atom is 0.324 e. The molecule has 0 bridgehead atoms. The number of allylic oxidation sites excluding steroid dienone is 3. The zero-order valence-corrected chi connectivity index (χ0v) is 20.0. The molecular formula is C25H38N4O4. The van der Waals surface area contributed by atoms with Gasteiger partial charge in [-0.25, -0.2) is 10.3 Å². The third kappa shape index (κ3) is 7.70. The first-order valence-electron chi connectivity index (χ1n) is 11.7. The van der Waals surface area contributed by atoms with E-state index in [4.69, 9.17) is 5.21 Å². The number of nitrogens with one attached hydrogen (secondary N) is 2. The van der Waals surface area contributed by atoms with Gasteiger partial charge in [0, 0.05) is 24.4 Å². The van der Waals surface area contributed by atoms with E-state index >= 15 is 0 Å². The maximum atomic E-state index is 13.5. The Balaban J connectivity index is 2.38. The molecule has 0 radical (unpaired) electrons. The Morgan fingerprint density at radius 1 is 1.24 bits per heavy atom. The lowest BCUT2D eigenvalue weighted by molar-refractivity contribution is 0.0706. The highest BCUT2D eigenvalue weighted by atomic mass is 16.5. The number of piperidine rings is 1. The molecule has 0 aliphatic carbocycles. The van der Waals surface area contributed by atoms with Crippen LogP contribution < -0.4 is 10.8 Å². The number of aliphatic hydroxyl groups is 1. The molecule has 0 saturated carbocycles. The molecular weight excluding hydrogens is 420 g/mol. The summed E-state index contributed by atoms with van der Waals surface area (Å²) in [5.41, 5.74) is 3.63. The number of hydroxylamine groups is 1. The van der Waals surface area contributed by atoms with E-state index in [0.717, 1.165) is 37.2 Å². The highest BCUT2D eigenvalue weighted by Crippen LogP contribution is 2.26. The average Bonchev–Trinajstić information content (AvgIpc) is 2.85. The minimum atomic E-state index is -0.583. The third-order valence-electron chi connectivity index (χ3n) is 6.12. The van der Waals surface area contributed by atoms with Crippen LogP contribution in [0, 0.1) is 11.8 Å². The molecule has 182 valence electrons. The van der Waals surface area contributed by atoms with Crippen molar-refractivity contribution in [3.63, 3.8) is 0 Å². The highest BCUT2D eigenvalue weighted by Gasteiger charge is 2.25. The maximum absolute atomic E-state index is 13.5. The monoisotopic (exact) mass is 458 g/mol. The van der Waals surface area contributed by atoms with Crippen molar-refractivity contribution in [2.45, 2.75) is 40.2 Å². The predicted octanol–water partition coefficient (Wildman–Crippen LogP) is 3.14. The zero-order chi connectivity index (χ0) is 24.2. The average molecular weight is 459 g/mol. The summed E-state index contributed by atoms with van der Waals surface area (Å²) >= 11 is 0. The number of amides is 3. The van der Waals surface area contributed by atoms with Crippen molar-refractivity contribution >= 4 is 11.9 Å². The number of urea groups is 1. The van der Waals surface area contributed by atoms with Gasteiger partial charge in [-0.2, -0.15) is 0 Å². The topological polar surface area (TPSA) is 105 Å². The summed E-state index contributed by atoms with van der Waals surface area (Å²) < 4.78 is 0. The van der Waals surface area contributed by atoms with Gasteiger partial charge < -0.3 is 15.3 Å². The van der Waals surface area contributed by atoms with E-state index in [2.05, 4.69) is 18.3 Å². The Morgan fingerprint density at radius 2 is 1.91 bits per heavy atom. The van der Waals surface area contributed by atoms with Gasteiger partial charge in [0.2, 0.25) is 0 Å². The third-order valence-corrected chi connectivity index (χ3v) is 6.12. The summed E-state index contributed by atoms with van der Waals surface area (Å²) in [4.78, 5) is 28.5. The number of hydrogen-bond donors (Lipinski definition) is 4. The summed E-state index contributed by atoms with van der Waals surface area (Å²) in [5, 5.41) is 21.7. The molecule has 1 aromatic carbocycles. The first-order chi connectivity index (χ1) is 15.9. The summed E-state index contributed by atoms with van der Waals surface area (Å²) in [6, 6.07) is 6.61. The molecule has 1 aliphatic rings. The molecule has 1 aliphatic heterocycles. The molecule has 1 aromatic rings. The fourth-order valence-corrected chi connectivity index (χ4v) is 4.14. The molecule has 33 heavy (non-hydrogen) atoms. The molecule has 8 heteroatoms. The van der Waals surface area contributed by atoms with E-state index in [-0.39, 0.29) is 19.2 Å². The molecule has 8 nitrogen and oxygen atoms in total. The van der Waals surface area contributed by atoms with Crippen molar-refractivity contribution in [1.29, 1.82) is 0 Å². The van der Waals surface area contributed by atoms with E-state index in [0.29, 0.717) is 30.5 Å². The van der Waals surface area contributed by atoms with Gasteiger partial charge in [-0.3, -0.25) is 14.9 Å². The fraction of sp³-hybridized carbons (Fsp3) is 0.520. The van der Waals surface area contributed by atoms with Crippen LogP contribution in [-0.2, 0) is 6.54 Å². The number of aliphatic hydroxyl groups excluding tert-OH is 1. The number of hydrogen-bond acceptors (Lipinski definition) is 5. The zero-order valence-electron chi connectivity index (χ0n) is 20.0. The molecule has 1 unspecified atom stereocenters. The number of nitrogens with zero attached hydrogens (tertiary/aromatic N) is 2. The molecule has 0 spiro atoms. The molecule has 4 N–H and O–H groups in total. The van der Waals surface area contributed by atoms with Crippen LogP contribution in [0.2, 0.25) is 0 Å². The number of carbonyl (C=O) groups excluding carboxylic acids is 2. The Hall–Kier alpha value is -2.68. The lowest BCUT2D eigenvalue weighted by Gasteiger charge is -2.32. The second-order valence-corrected chi connectivity index (χ2v) is 8.35. The quantitative estimate of drug-likeness (QED) is 0.245. The molecule has 2 rings (SSSR count). The van der Waals surface area contributed by atoms with Crippen molar-refractivity contribution in [2.24, 2.45) is 11.8 Å². The van der Waals surface area contributed by atoms with Crippen LogP contribution in [0.4, 0.5) is 4.79 Å². The van der Waals surface area contributed by atoms with Crippen LogP contribution in [0.5, 0.6) is 0 Å². The van der Waals surface area contributed by atoms with Crippen LogP contribution in [0.3, 0.4) is 0 Å². The highest BCUT2D eigenvalue weighted by molar-refractivity contribution is 5.93. The SMILES string of the molecule is C/C=C\C(=C/C(C)C1CCNCC1)N(Cc1ccc(C(=O)NO)cc1)C(=O)N(CC)CCO.